The first-order valence-corrected chi connectivity index (χ1v) is 6.06. The minimum Gasteiger partial charge on any atom is -0.497 e. The van der Waals surface area contributed by atoms with Gasteiger partial charge in [0.05, 0.1) is 17.7 Å². The van der Waals surface area contributed by atoms with Gasteiger partial charge in [0, 0.05) is 18.2 Å². The number of ether oxygens (including phenoxy) is 2. The van der Waals surface area contributed by atoms with E-state index in [1.807, 2.05) is 0 Å². The summed E-state index contributed by atoms with van der Waals surface area (Å²) in [6, 6.07) is 8.83. The van der Waals surface area contributed by atoms with E-state index in [-0.39, 0.29) is 17.1 Å². The molecule has 8 heteroatoms. The van der Waals surface area contributed by atoms with Gasteiger partial charge in [0.25, 0.3) is 5.69 Å². The standard InChI is InChI=1S/C14H11FN2O5/c1-21-11-6-7-13(12(15)8-11)16-14(18)22-10-4-2-9(3-5-10)17(19)20/h2-8H,1H3,(H,16,18). The fraction of sp³-hybridized carbons (Fsp3) is 0.0714. The van der Waals surface area contributed by atoms with Crippen LogP contribution in [-0.4, -0.2) is 18.1 Å². The summed E-state index contributed by atoms with van der Waals surface area (Å²) in [4.78, 5) is 21.6. The van der Waals surface area contributed by atoms with Crippen molar-refractivity contribution in [2.24, 2.45) is 0 Å². The molecule has 0 aliphatic carbocycles. The Morgan fingerprint density at radius 2 is 1.82 bits per heavy atom. The Bertz CT molecular complexity index is 703. The lowest BCUT2D eigenvalue weighted by atomic mass is 10.3. The molecule has 0 bridgehead atoms. The number of rotatable bonds is 4. The van der Waals surface area contributed by atoms with Crippen molar-refractivity contribution in [3.8, 4) is 11.5 Å². The summed E-state index contributed by atoms with van der Waals surface area (Å²) >= 11 is 0. The van der Waals surface area contributed by atoms with E-state index in [1.54, 1.807) is 0 Å². The summed E-state index contributed by atoms with van der Waals surface area (Å²) in [6.07, 6.45) is -0.919. The second-order valence-corrected chi connectivity index (χ2v) is 4.11. The zero-order valence-electron chi connectivity index (χ0n) is 11.4. The summed E-state index contributed by atoms with van der Waals surface area (Å²) < 4.78 is 23.4. The Kier molecular flexibility index (Phi) is 4.52. The molecule has 0 radical (unpaired) electrons. The molecule has 0 saturated heterocycles. The molecule has 1 amide bonds. The number of benzene rings is 2. The molecule has 0 spiro atoms. The summed E-state index contributed by atoms with van der Waals surface area (Å²) in [5, 5.41) is 12.7. The number of nitro groups is 1. The molecule has 2 aromatic carbocycles. The Morgan fingerprint density at radius 3 is 2.36 bits per heavy atom. The number of nitrogens with zero attached hydrogens (tertiary/aromatic N) is 1. The van der Waals surface area contributed by atoms with Crippen LogP contribution in [0.1, 0.15) is 0 Å². The highest BCUT2D eigenvalue weighted by Crippen LogP contribution is 2.21. The number of nitrogens with one attached hydrogen (secondary N) is 1. The lowest BCUT2D eigenvalue weighted by Crippen LogP contribution is -2.17. The molecule has 0 aliphatic rings. The van der Waals surface area contributed by atoms with Crippen LogP contribution in [0.5, 0.6) is 11.5 Å². The third-order valence-electron chi connectivity index (χ3n) is 2.67. The number of carbonyl (C=O) groups excluding carboxylic acids is 1. The summed E-state index contributed by atoms with van der Waals surface area (Å²) in [5.41, 5.74) is -0.207. The highest BCUT2D eigenvalue weighted by molar-refractivity contribution is 5.86. The van der Waals surface area contributed by atoms with Gasteiger partial charge in [-0.05, 0) is 24.3 Å². The van der Waals surface area contributed by atoms with Gasteiger partial charge >= 0.3 is 6.09 Å². The molecular formula is C14H11FN2O5. The van der Waals surface area contributed by atoms with Crippen LogP contribution in [0, 0.1) is 15.9 Å². The van der Waals surface area contributed by atoms with E-state index >= 15 is 0 Å². The van der Waals surface area contributed by atoms with E-state index in [9.17, 15) is 19.3 Å². The van der Waals surface area contributed by atoms with E-state index in [1.165, 1.54) is 43.5 Å². The highest BCUT2D eigenvalue weighted by atomic mass is 19.1. The monoisotopic (exact) mass is 306 g/mol. The van der Waals surface area contributed by atoms with E-state index in [0.29, 0.717) is 5.75 Å². The minimum absolute atomic E-state index is 0.0762. The molecule has 2 aromatic rings. The number of hydrogen-bond acceptors (Lipinski definition) is 5. The fourth-order valence-electron chi connectivity index (χ4n) is 1.60. The molecule has 0 unspecified atom stereocenters. The van der Waals surface area contributed by atoms with Crippen molar-refractivity contribution in [3.05, 3.63) is 58.4 Å². The van der Waals surface area contributed by atoms with Crippen LogP contribution in [0.2, 0.25) is 0 Å². The van der Waals surface area contributed by atoms with Gasteiger partial charge in [0.2, 0.25) is 0 Å². The van der Waals surface area contributed by atoms with E-state index < -0.39 is 16.8 Å². The SMILES string of the molecule is COc1ccc(NC(=O)Oc2ccc([N+](=O)[O-])cc2)c(F)c1. The van der Waals surface area contributed by atoms with Crippen molar-refractivity contribution in [1.82, 2.24) is 0 Å². The fourth-order valence-corrected chi connectivity index (χ4v) is 1.60. The summed E-state index contributed by atoms with van der Waals surface area (Å²) in [7, 11) is 1.39. The number of anilines is 1. The smallest absolute Gasteiger partial charge is 0.417 e. The van der Waals surface area contributed by atoms with Crippen LogP contribution in [0.4, 0.5) is 20.6 Å². The third kappa shape index (κ3) is 3.69. The zero-order valence-corrected chi connectivity index (χ0v) is 11.4. The molecule has 1 N–H and O–H groups in total. The van der Waals surface area contributed by atoms with Gasteiger partial charge in [-0.3, -0.25) is 15.4 Å². The van der Waals surface area contributed by atoms with Gasteiger partial charge in [-0.2, -0.15) is 0 Å². The van der Waals surface area contributed by atoms with Crippen molar-refractivity contribution in [2.75, 3.05) is 12.4 Å². The van der Waals surface area contributed by atoms with Gasteiger partial charge in [-0.25, -0.2) is 9.18 Å². The Balaban J connectivity index is 2.02. The van der Waals surface area contributed by atoms with Gasteiger partial charge in [0.15, 0.2) is 5.82 Å². The Hall–Kier alpha value is -3.16. The Labute approximate surface area is 124 Å². The van der Waals surface area contributed by atoms with E-state index in [0.717, 1.165) is 6.07 Å². The number of halogens is 1. The minimum atomic E-state index is -0.919. The van der Waals surface area contributed by atoms with E-state index in [2.05, 4.69) is 5.32 Å². The van der Waals surface area contributed by atoms with Gasteiger partial charge < -0.3 is 9.47 Å². The number of amides is 1. The van der Waals surface area contributed by atoms with Crippen LogP contribution in [0.25, 0.3) is 0 Å². The van der Waals surface area contributed by atoms with Crippen molar-refractivity contribution >= 4 is 17.5 Å². The van der Waals surface area contributed by atoms with Crippen LogP contribution in [0.15, 0.2) is 42.5 Å². The zero-order chi connectivity index (χ0) is 16.1. The molecule has 0 heterocycles. The predicted molar refractivity (Wildman–Crippen MR) is 75.7 cm³/mol. The molecule has 0 atom stereocenters. The maximum atomic E-state index is 13.7. The average Bonchev–Trinajstić information content (AvgIpc) is 2.49. The normalized spacial score (nSPS) is 9.91. The van der Waals surface area contributed by atoms with E-state index in [4.69, 9.17) is 9.47 Å². The molecule has 0 aromatic heterocycles. The maximum absolute atomic E-state index is 13.7. The molecule has 7 nitrogen and oxygen atoms in total. The second-order valence-electron chi connectivity index (χ2n) is 4.11. The number of non-ortho nitro benzene ring substituents is 1. The predicted octanol–water partition coefficient (Wildman–Crippen LogP) is 3.35. The summed E-state index contributed by atoms with van der Waals surface area (Å²) in [6.45, 7) is 0. The molecule has 0 aliphatic heterocycles. The number of nitro benzene ring substituents is 1. The lowest BCUT2D eigenvalue weighted by molar-refractivity contribution is -0.384. The topological polar surface area (TPSA) is 90.7 Å². The van der Waals surface area contributed by atoms with Crippen LogP contribution in [0.3, 0.4) is 0 Å². The number of carbonyl (C=O) groups is 1. The quantitative estimate of drug-likeness (QED) is 0.691. The van der Waals surface area contributed by atoms with Crippen LogP contribution in [-0.2, 0) is 0 Å². The third-order valence-corrected chi connectivity index (χ3v) is 2.67. The number of methoxy groups -OCH3 is 1. The first kappa shape index (κ1) is 15.2. The average molecular weight is 306 g/mol. The second kappa shape index (κ2) is 6.53. The van der Waals surface area contributed by atoms with Gasteiger partial charge in [0.1, 0.15) is 11.5 Å². The first-order valence-electron chi connectivity index (χ1n) is 6.06. The van der Waals surface area contributed by atoms with Crippen LogP contribution >= 0.6 is 0 Å². The molecule has 0 fully saturated rings. The van der Waals surface area contributed by atoms with Crippen molar-refractivity contribution in [2.45, 2.75) is 0 Å². The largest absolute Gasteiger partial charge is 0.497 e. The van der Waals surface area contributed by atoms with Crippen molar-refractivity contribution < 1.29 is 23.6 Å². The van der Waals surface area contributed by atoms with Crippen molar-refractivity contribution in [1.29, 1.82) is 0 Å². The van der Waals surface area contributed by atoms with Gasteiger partial charge in [-0.1, -0.05) is 0 Å². The molecule has 22 heavy (non-hydrogen) atoms. The summed E-state index contributed by atoms with van der Waals surface area (Å²) in [5.74, 6) is -0.274. The molecule has 2 rings (SSSR count). The highest BCUT2D eigenvalue weighted by Gasteiger charge is 2.11. The lowest BCUT2D eigenvalue weighted by Gasteiger charge is -2.08. The first-order chi connectivity index (χ1) is 10.5. The van der Waals surface area contributed by atoms with Crippen molar-refractivity contribution in [3.63, 3.8) is 0 Å². The number of hydrogen-bond donors (Lipinski definition) is 1. The molecule has 0 saturated carbocycles. The maximum Gasteiger partial charge on any atom is 0.417 e. The Morgan fingerprint density at radius 1 is 1.18 bits per heavy atom. The van der Waals surface area contributed by atoms with Crippen LogP contribution < -0.4 is 14.8 Å². The van der Waals surface area contributed by atoms with Gasteiger partial charge in [-0.15, -0.1) is 0 Å². The molecule has 114 valence electrons. The molecular weight excluding hydrogens is 295 g/mol.